The summed E-state index contributed by atoms with van der Waals surface area (Å²) in [4.78, 5) is 24.6. The predicted molar refractivity (Wildman–Crippen MR) is 134 cm³/mol. The zero-order valence-corrected chi connectivity index (χ0v) is 24.6. The molecule has 4 aromatic heterocycles. The number of benzene rings is 2. The second-order valence-electron chi connectivity index (χ2n) is 6.56. The summed E-state index contributed by atoms with van der Waals surface area (Å²) in [6, 6.07) is 7.09. The number of H-pyrrole nitrogens is 4. The number of rotatable bonds is 2. The van der Waals surface area contributed by atoms with Crippen LogP contribution in [0.15, 0.2) is 121 Å². The normalized spacial score (nSPS) is 9.75. The number of aromatic amines is 4. The van der Waals surface area contributed by atoms with Crippen molar-refractivity contribution in [3.63, 3.8) is 0 Å². The topological polar surface area (TPSA) is 229 Å². The second kappa shape index (κ2) is 19.8. The standard InChI is InChI=1S/C10H8O6S2.4C3H4N2.2Ag/c11-17(12,13)9-5-1-3-7-8(9)4-2-6-10(7)18(14,15)16;4*1-2-5-3-4-1;;/h1-6H,(H,11,12,13)(H,14,15,16);4*1-3H,(H,4,5);;/q;;;;;2*+1/p-2. The van der Waals surface area contributed by atoms with Crippen molar-refractivity contribution in [2.24, 2.45) is 0 Å². The van der Waals surface area contributed by atoms with E-state index in [0.29, 0.717) is 0 Å². The van der Waals surface area contributed by atoms with E-state index in [4.69, 9.17) is 0 Å². The van der Waals surface area contributed by atoms with E-state index in [2.05, 4.69) is 39.9 Å². The largest absolute Gasteiger partial charge is 1.00 e. The third-order valence-corrected chi connectivity index (χ3v) is 5.79. The van der Waals surface area contributed by atoms with Crippen LogP contribution < -0.4 is 0 Å². The summed E-state index contributed by atoms with van der Waals surface area (Å²) < 4.78 is 66.1. The van der Waals surface area contributed by atoms with Crippen LogP contribution in [0.25, 0.3) is 10.8 Å². The Labute approximate surface area is 261 Å². The number of imidazole rings is 4. The summed E-state index contributed by atoms with van der Waals surface area (Å²) in [5.41, 5.74) is 0. The van der Waals surface area contributed by atoms with Gasteiger partial charge in [-0.3, -0.25) is 0 Å². The Morgan fingerprint density at radius 1 is 0.500 bits per heavy atom. The smallest absolute Gasteiger partial charge is 0.744 e. The van der Waals surface area contributed by atoms with Gasteiger partial charge in [0.25, 0.3) is 0 Å². The minimum atomic E-state index is -4.74. The molecule has 0 saturated heterocycles. The summed E-state index contributed by atoms with van der Waals surface area (Å²) >= 11 is 0. The van der Waals surface area contributed by atoms with Crippen LogP contribution >= 0.6 is 0 Å². The third-order valence-electron chi connectivity index (χ3n) is 4.00. The van der Waals surface area contributed by atoms with E-state index >= 15 is 0 Å². The van der Waals surface area contributed by atoms with Crippen LogP contribution in [0.3, 0.4) is 0 Å². The van der Waals surface area contributed by atoms with Crippen molar-refractivity contribution in [1.29, 1.82) is 0 Å². The van der Waals surface area contributed by atoms with Gasteiger partial charge in [-0.15, -0.1) is 0 Å². The molecular weight excluding hydrogens is 752 g/mol. The van der Waals surface area contributed by atoms with Gasteiger partial charge in [0, 0.05) is 60.3 Å². The molecule has 0 radical (unpaired) electrons. The monoisotopic (exact) mass is 772 g/mol. The molecule has 6 aromatic rings. The van der Waals surface area contributed by atoms with Gasteiger partial charge in [-0.25, -0.2) is 36.8 Å². The molecule has 0 amide bonds. The number of aromatic nitrogens is 8. The van der Waals surface area contributed by atoms with Crippen molar-refractivity contribution in [3.8, 4) is 0 Å². The van der Waals surface area contributed by atoms with Gasteiger partial charge in [0.05, 0.1) is 35.1 Å². The molecule has 0 fully saturated rings. The van der Waals surface area contributed by atoms with Crippen molar-refractivity contribution in [1.82, 2.24) is 39.9 Å². The first kappa shape index (κ1) is 36.8. The molecule has 0 aliphatic carbocycles. The van der Waals surface area contributed by atoms with Crippen molar-refractivity contribution in [3.05, 3.63) is 111 Å². The van der Waals surface area contributed by atoms with Gasteiger partial charge in [0.2, 0.25) is 0 Å². The number of hydrogen-bond donors (Lipinski definition) is 4. The van der Waals surface area contributed by atoms with Crippen molar-refractivity contribution in [2.75, 3.05) is 0 Å². The molecule has 40 heavy (non-hydrogen) atoms. The maximum Gasteiger partial charge on any atom is 1.00 e. The second-order valence-corrected chi connectivity index (χ2v) is 9.25. The SMILES string of the molecule is O=S(=O)([O-])c1cccc2c(S(=O)(=O)[O-])cccc12.[Ag+].[Ag+].c1c[nH]cn1.c1c[nH]cn1.c1c[nH]cn1.c1c[nH]cn1. The van der Waals surface area contributed by atoms with Gasteiger partial charge in [0.15, 0.2) is 0 Å². The van der Waals surface area contributed by atoms with Crippen molar-refractivity contribution < 1.29 is 70.7 Å². The first-order valence-corrected chi connectivity index (χ1v) is 13.2. The van der Waals surface area contributed by atoms with E-state index in [9.17, 15) is 25.9 Å². The quantitative estimate of drug-likeness (QED) is 0.148. The molecule has 0 atom stereocenters. The number of nitrogens with zero attached hydrogens (tertiary/aromatic N) is 4. The van der Waals surface area contributed by atoms with Gasteiger partial charge in [0.1, 0.15) is 20.2 Å². The minimum absolute atomic E-state index is 0. The summed E-state index contributed by atoms with van der Waals surface area (Å²) in [5.74, 6) is 0. The Hall–Kier alpha value is -3.16. The van der Waals surface area contributed by atoms with Crippen molar-refractivity contribution in [2.45, 2.75) is 9.79 Å². The molecule has 6 rings (SSSR count). The molecule has 2 aromatic carbocycles. The van der Waals surface area contributed by atoms with Crippen LogP contribution in [-0.2, 0) is 65.0 Å². The summed E-state index contributed by atoms with van der Waals surface area (Å²) in [7, 11) is -9.48. The maximum absolute atomic E-state index is 11.0. The zero-order chi connectivity index (χ0) is 27.7. The molecule has 0 bridgehead atoms. The zero-order valence-electron chi connectivity index (χ0n) is 20.1. The average molecular weight is 774 g/mol. The molecular formula is C22H22Ag2N8O6S2. The third kappa shape index (κ3) is 14.3. The molecule has 0 unspecified atom stereocenters. The number of fused-ring (bicyclic) bond motifs is 1. The van der Waals surface area contributed by atoms with Crippen LogP contribution in [-0.4, -0.2) is 65.8 Å². The maximum atomic E-state index is 11.0. The van der Waals surface area contributed by atoms with Crippen LogP contribution in [0.4, 0.5) is 0 Å². The Bertz CT molecular complexity index is 1370. The van der Waals surface area contributed by atoms with E-state index in [1.54, 1.807) is 74.9 Å². The van der Waals surface area contributed by atoms with Gasteiger partial charge in [-0.2, -0.15) is 0 Å². The molecule has 4 heterocycles. The molecule has 0 aliphatic rings. The predicted octanol–water partition coefficient (Wildman–Crippen LogP) is 2.28. The van der Waals surface area contributed by atoms with Gasteiger partial charge >= 0.3 is 44.8 Å². The van der Waals surface area contributed by atoms with Gasteiger partial charge in [-0.1, -0.05) is 24.3 Å². The summed E-state index contributed by atoms with van der Waals surface area (Å²) in [5, 5.41) is -0.158. The summed E-state index contributed by atoms with van der Waals surface area (Å²) in [6.07, 6.45) is 20.3. The van der Waals surface area contributed by atoms with E-state index in [1.165, 1.54) is 24.3 Å². The fourth-order valence-corrected chi connectivity index (χ4v) is 3.93. The Kier molecular flexibility index (Phi) is 18.3. The molecule has 220 valence electrons. The fraction of sp³-hybridized carbons (Fsp3) is 0. The minimum Gasteiger partial charge on any atom is -0.744 e. The average Bonchev–Trinajstić information content (AvgIpc) is 3.72. The van der Waals surface area contributed by atoms with E-state index in [-0.39, 0.29) is 55.5 Å². The Balaban J connectivity index is 0.000000560. The van der Waals surface area contributed by atoms with Crippen LogP contribution in [0, 0.1) is 0 Å². The van der Waals surface area contributed by atoms with Crippen LogP contribution in [0.2, 0.25) is 0 Å². The molecule has 18 heteroatoms. The van der Waals surface area contributed by atoms with E-state index in [1.807, 2.05) is 0 Å². The molecule has 0 saturated carbocycles. The molecule has 14 nitrogen and oxygen atoms in total. The Morgan fingerprint density at radius 3 is 0.925 bits per heavy atom. The van der Waals surface area contributed by atoms with Crippen LogP contribution in [0.5, 0.6) is 0 Å². The molecule has 4 N–H and O–H groups in total. The van der Waals surface area contributed by atoms with E-state index in [0.717, 1.165) is 12.1 Å². The van der Waals surface area contributed by atoms with E-state index < -0.39 is 30.0 Å². The molecule has 0 spiro atoms. The molecule has 0 aliphatic heterocycles. The van der Waals surface area contributed by atoms with Gasteiger partial charge < -0.3 is 29.0 Å². The van der Waals surface area contributed by atoms with Gasteiger partial charge in [-0.05, 0) is 12.1 Å². The summed E-state index contributed by atoms with van der Waals surface area (Å²) in [6.45, 7) is 0. The fourth-order valence-electron chi connectivity index (χ4n) is 2.55. The van der Waals surface area contributed by atoms with Crippen LogP contribution in [0.1, 0.15) is 0 Å². The van der Waals surface area contributed by atoms with Crippen molar-refractivity contribution >= 4 is 31.0 Å². The Morgan fingerprint density at radius 2 is 0.775 bits per heavy atom. The number of nitrogens with one attached hydrogen (secondary N) is 4. The number of hydrogen-bond acceptors (Lipinski definition) is 10. The first-order valence-electron chi connectivity index (χ1n) is 10.4. The first-order chi connectivity index (χ1) is 18.2.